The number of carbonyl (C=O) groups is 2. The lowest BCUT2D eigenvalue weighted by molar-refractivity contribution is -0.0498. The van der Waals surface area contributed by atoms with Crippen molar-refractivity contribution in [2.24, 2.45) is 0 Å². The summed E-state index contributed by atoms with van der Waals surface area (Å²) in [6.45, 7) is -0.516. The molecule has 2 rings (SSSR count). The number of nitrogens with one attached hydrogen (secondary N) is 2. The molecule has 0 fully saturated rings. The Morgan fingerprint density at radius 2 is 1.84 bits per heavy atom. The lowest BCUT2D eigenvalue weighted by atomic mass is 10.1. The van der Waals surface area contributed by atoms with E-state index in [0.717, 1.165) is 6.42 Å². The van der Waals surface area contributed by atoms with E-state index in [9.17, 15) is 18.4 Å². The van der Waals surface area contributed by atoms with E-state index in [4.69, 9.17) is 0 Å². The Bertz CT molecular complexity index is 751. The highest BCUT2D eigenvalue weighted by Crippen LogP contribution is 2.19. The number of para-hydroxylation sites is 1. The molecule has 0 atom stereocenters. The molecule has 2 aromatic rings. The van der Waals surface area contributed by atoms with Crippen LogP contribution >= 0.6 is 0 Å². The van der Waals surface area contributed by atoms with Crippen LogP contribution in [0.5, 0.6) is 5.75 Å². The quantitative estimate of drug-likeness (QED) is 0.802. The number of alkyl halides is 2. The molecule has 0 heterocycles. The largest absolute Gasteiger partial charge is 0.435 e. The monoisotopic (exact) mass is 348 g/mol. The van der Waals surface area contributed by atoms with Crippen molar-refractivity contribution in [1.82, 2.24) is 5.32 Å². The summed E-state index contributed by atoms with van der Waals surface area (Å²) in [6, 6.07) is 12.0. The molecular formula is C18H18F2N2O3. The number of hydrogen-bond acceptors (Lipinski definition) is 3. The van der Waals surface area contributed by atoms with Gasteiger partial charge in [-0.25, -0.2) is 0 Å². The maximum atomic E-state index is 12.4. The zero-order valence-electron chi connectivity index (χ0n) is 13.6. The van der Waals surface area contributed by atoms with Gasteiger partial charge in [-0.2, -0.15) is 8.78 Å². The van der Waals surface area contributed by atoms with Crippen LogP contribution in [0.1, 0.15) is 34.1 Å². The molecule has 2 aromatic carbocycles. The van der Waals surface area contributed by atoms with E-state index < -0.39 is 12.5 Å². The first-order valence-electron chi connectivity index (χ1n) is 7.74. The van der Waals surface area contributed by atoms with Crippen molar-refractivity contribution in [3.63, 3.8) is 0 Å². The number of carbonyl (C=O) groups excluding carboxylic acids is 2. The first-order valence-corrected chi connectivity index (χ1v) is 7.74. The molecule has 25 heavy (non-hydrogen) atoms. The smallest absolute Gasteiger partial charge is 0.387 e. The van der Waals surface area contributed by atoms with Crippen LogP contribution in [0, 0.1) is 0 Å². The Balaban J connectivity index is 2.17. The van der Waals surface area contributed by atoms with Gasteiger partial charge in [-0.15, -0.1) is 0 Å². The van der Waals surface area contributed by atoms with Crippen LogP contribution in [-0.4, -0.2) is 25.0 Å². The molecule has 0 saturated carbocycles. The van der Waals surface area contributed by atoms with E-state index in [1.165, 1.54) is 24.3 Å². The average molecular weight is 348 g/mol. The van der Waals surface area contributed by atoms with Crippen molar-refractivity contribution in [2.75, 3.05) is 11.9 Å². The van der Waals surface area contributed by atoms with Crippen molar-refractivity contribution >= 4 is 17.5 Å². The van der Waals surface area contributed by atoms with Crippen molar-refractivity contribution in [3.8, 4) is 5.75 Å². The van der Waals surface area contributed by atoms with Crippen molar-refractivity contribution in [3.05, 3.63) is 59.7 Å². The van der Waals surface area contributed by atoms with E-state index in [1.807, 2.05) is 6.92 Å². The minimum absolute atomic E-state index is 0.114. The van der Waals surface area contributed by atoms with Gasteiger partial charge < -0.3 is 15.4 Å². The van der Waals surface area contributed by atoms with Crippen LogP contribution in [0.25, 0.3) is 0 Å². The fourth-order valence-electron chi connectivity index (χ4n) is 2.13. The van der Waals surface area contributed by atoms with Gasteiger partial charge in [0.1, 0.15) is 5.75 Å². The number of hydrogen-bond donors (Lipinski definition) is 2. The minimum atomic E-state index is -2.97. The van der Waals surface area contributed by atoms with Crippen LogP contribution in [-0.2, 0) is 0 Å². The Labute approximate surface area is 144 Å². The van der Waals surface area contributed by atoms with Gasteiger partial charge in [0, 0.05) is 12.1 Å². The van der Waals surface area contributed by atoms with Gasteiger partial charge in [-0.1, -0.05) is 25.1 Å². The molecule has 0 radical (unpaired) electrons. The molecule has 2 amide bonds. The predicted octanol–water partition coefficient (Wildman–Crippen LogP) is 3.68. The Hall–Kier alpha value is -2.96. The van der Waals surface area contributed by atoms with Gasteiger partial charge >= 0.3 is 6.61 Å². The van der Waals surface area contributed by atoms with Crippen LogP contribution in [0.2, 0.25) is 0 Å². The van der Waals surface area contributed by atoms with E-state index in [1.54, 1.807) is 24.3 Å². The fraction of sp³-hybridized carbons (Fsp3) is 0.222. The molecule has 0 aliphatic rings. The standard InChI is InChI=1S/C18H18F2N2O3/c1-2-10-21-17(24)14-8-3-4-9-15(14)22-16(23)12-6-5-7-13(11-12)25-18(19)20/h3-9,11,18H,2,10H2,1H3,(H,21,24)(H,22,23). The Morgan fingerprint density at radius 1 is 1.08 bits per heavy atom. The third-order valence-corrected chi connectivity index (χ3v) is 3.28. The highest BCUT2D eigenvalue weighted by atomic mass is 19.3. The topological polar surface area (TPSA) is 67.4 Å². The molecule has 0 aliphatic heterocycles. The van der Waals surface area contributed by atoms with Crippen LogP contribution in [0.15, 0.2) is 48.5 Å². The fourth-order valence-corrected chi connectivity index (χ4v) is 2.13. The molecule has 0 saturated heterocycles. The summed E-state index contributed by atoms with van der Waals surface area (Å²) in [7, 11) is 0. The number of amides is 2. The molecule has 0 aliphatic carbocycles. The molecular weight excluding hydrogens is 330 g/mol. The summed E-state index contributed by atoms with van der Waals surface area (Å²) in [5.74, 6) is -0.945. The third-order valence-electron chi connectivity index (χ3n) is 3.28. The van der Waals surface area contributed by atoms with Gasteiger partial charge in [-0.05, 0) is 36.8 Å². The summed E-state index contributed by atoms with van der Waals surface area (Å²) in [5, 5.41) is 5.36. The first kappa shape index (κ1) is 18.4. The maximum absolute atomic E-state index is 12.4. The van der Waals surface area contributed by atoms with E-state index in [2.05, 4.69) is 15.4 Å². The van der Waals surface area contributed by atoms with Gasteiger partial charge in [0.15, 0.2) is 0 Å². The summed E-state index contributed by atoms with van der Waals surface area (Å²) < 4.78 is 28.8. The van der Waals surface area contributed by atoms with Crippen LogP contribution in [0.4, 0.5) is 14.5 Å². The Morgan fingerprint density at radius 3 is 2.56 bits per heavy atom. The number of benzene rings is 2. The number of rotatable bonds is 7. The molecule has 0 aromatic heterocycles. The molecule has 132 valence electrons. The maximum Gasteiger partial charge on any atom is 0.387 e. The second-order valence-electron chi connectivity index (χ2n) is 5.16. The van der Waals surface area contributed by atoms with Gasteiger partial charge in [0.25, 0.3) is 11.8 Å². The minimum Gasteiger partial charge on any atom is -0.435 e. The van der Waals surface area contributed by atoms with Crippen LogP contribution in [0.3, 0.4) is 0 Å². The van der Waals surface area contributed by atoms with E-state index in [0.29, 0.717) is 17.8 Å². The van der Waals surface area contributed by atoms with Crippen molar-refractivity contribution in [1.29, 1.82) is 0 Å². The number of ether oxygens (including phenoxy) is 1. The van der Waals surface area contributed by atoms with Crippen LogP contribution < -0.4 is 15.4 Å². The second-order valence-corrected chi connectivity index (χ2v) is 5.16. The van der Waals surface area contributed by atoms with Crippen molar-refractivity contribution < 1.29 is 23.1 Å². The van der Waals surface area contributed by atoms with Gasteiger partial charge in [-0.3, -0.25) is 9.59 Å². The molecule has 7 heteroatoms. The first-order chi connectivity index (χ1) is 12.0. The zero-order valence-corrected chi connectivity index (χ0v) is 13.6. The summed E-state index contributed by atoms with van der Waals surface area (Å²) in [6.07, 6.45) is 0.789. The predicted molar refractivity (Wildman–Crippen MR) is 90.1 cm³/mol. The second kappa shape index (κ2) is 8.77. The van der Waals surface area contributed by atoms with E-state index >= 15 is 0 Å². The average Bonchev–Trinajstić information content (AvgIpc) is 2.59. The summed E-state index contributed by atoms with van der Waals surface area (Å²) >= 11 is 0. The molecule has 0 spiro atoms. The molecule has 0 unspecified atom stereocenters. The number of anilines is 1. The SMILES string of the molecule is CCCNC(=O)c1ccccc1NC(=O)c1cccc(OC(F)F)c1. The highest BCUT2D eigenvalue weighted by Gasteiger charge is 2.14. The zero-order chi connectivity index (χ0) is 18.2. The van der Waals surface area contributed by atoms with Crippen molar-refractivity contribution in [2.45, 2.75) is 20.0 Å². The number of halogens is 2. The molecule has 2 N–H and O–H groups in total. The molecule has 0 bridgehead atoms. The third kappa shape index (κ3) is 5.27. The van der Waals surface area contributed by atoms with Gasteiger partial charge in [0.2, 0.25) is 0 Å². The van der Waals surface area contributed by atoms with E-state index in [-0.39, 0.29) is 17.2 Å². The van der Waals surface area contributed by atoms with Gasteiger partial charge in [0.05, 0.1) is 11.3 Å². The highest BCUT2D eigenvalue weighted by molar-refractivity contribution is 6.09. The lowest BCUT2D eigenvalue weighted by Crippen LogP contribution is -2.25. The molecule has 5 nitrogen and oxygen atoms in total. The lowest BCUT2D eigenvalue weighted by Gasteiger charge is -2.12. The summed E-state index contributed by atoms with van der Waals surface area (Å²) in [4.78, 5) is 24.5. The Kier molecular flexibility index (Phi) is 6.45. The summed E-state index contributed by atoms with van der Waals surface area (Å²) in [5.41, 5.74) is 0.799. The normalized spacial score (nSPS) is 10.4.